The van der Waals surface area contributed by atoms with Crippen LogP contribution in [0.3, 0.4) is 0 Å². The van der Waals surface area contributed by atoms with E-state index >= 15 is 0 Å². The number of benzene rings is 1. The first-order chi connectivity index (χ1) is 10.6. The van der Waals surface area contributed by atoms with E-state index in [0.29, 0.717) is 5.76 Å². The lowest BCUT2D eigenvalue weighted by atomic mass is 10.1. The average molecular weight is 299 g/mol. The summed E-state index contributed by atoms with van der Waals surface area (Å²) in [5.74, 6) is -0.343. The second-order valence-electron chi connectivity index (χ2n) is 4.75. The van der Waals surface area contributed by atoms with Crippen molar-refractivity contribution in [2.75, 3.05) is 0 Å². The van der Waals surface area contributed by atoms with E-state index in [1.165, 1.54) is 6.21 Å². The molecule has 0 spiro atoms. The van der Waals surface area contributed by atoms with E-state index in [-0.39, 0.29) is 6.04 Å². The maximum atomic E-state index is 11.8. The van der Waals surface area contributed by atoms with Gasteiger partial charge in [0.1, 0.15) is 11.5 Å². The second-order valence-corrected chi connectivity index (χ2v) is 4.75. The molecule has 0 fully saturated rings. The molecule has 1 atom stereocenters. The van der Waals surface area contributed by atoms with Gasteiger partial charge in [-0.2, -0.15) is 5.10 Å². The number of nitrogens with zero attached hydrogens (tertiary/aromatic N) is 1. The van der Waals surface area contributed by atoms with Crippen molar-refractivity contribution in [2.45, 2.75) is 19.9 Å². The Morgan fingerprint density at radius 2 is 1.86 bits per heavy atom. The molecule has 6 heteroatoms. The van der Waals surface area contributed by atoms with Gasteiger partial charge in [-0.15, -0.1) is 0 Å². The van der Waals surface area contributed by atoms with Crippen LogP contribution in [0.15, 0.2) is 52.0 Å². The first kappa shape index (κ1) is 15.5. The van der Waals surface area contributed by atoms with Gasteiger partial charge in [0.25, 0.3) is 0 Å². The number of carbonyl (C=O) groups excluding carboxylic acids is 2. The molecule has 1 heterocycles. The fourth-order valence-electron chi connectivity index (χ4n) is 1.82. The molecule has 0 aliphatic heterocycles. The van der Waals surface area contributed by atoms with Crippen LogP contribution in [0.1, 0.15) is 30.0 Å². The maximum Gasteiger partial charge on any atom is 0.329 e. The highest BCUT2D eigenvalue weighted by atomic mass is 16.3. The molecule has 1 unspecified atom stereocenters. The lowest BCUT2D eigenvalue weighted by Crippen LogP contribution is -2.39. The van der Waals surface area contributed by atoms with Crippen molar-refractivity contribution >= 4 is 18.0 Å². The third-order valence-electron chi connectivity index (χ3n) is 2.97. The van der Waals surface area contributed by atoms with Gasteiger partial charge in [0.2, 0.25) is 0 Å². The first-order valence-electron chi connectivity index (χ1n) is 6.81. The molecular formula is C16H17N3O3. The van der Waals surface area contributed by atoms with Crippen LogP contribution in [-0.2, 0) is 9.59 Å². The predicted molar refractivity (Wildman–Crippen MR) is 82.2 cm³/mol. The van der Waals surface area contributed by atoms with Crippen LogP contribution >= 0.6 is 0 Å². The first-order valence-corrected chi connectivity index (χ1v) is 6.81. The molecule has 114 valence electrons. The largest absolute Gasteiger partial charge is 0.460 e. The highest BCUT2D eigenvalue weighted by Gasteiger charge is 2.16. The van der Waals surface area contributed by atoms with Crippen molar-refractivity contribution in [1.82, 2.24) is 10.7 Å². The molecule has 0 saturated heterocycles. The summed E-state index contributed by atoms with van der Waals surface area (Å²) in [7, 11) is 0. The number of amides is 2. The quantitative estimate of drug-likeness (QED) is 0.514. The molecule has 0 aliphatic rings. The number of rotatable bonds is 4. The molecule has 1 aromatic carbocycles. The van der Waals surface area contributed by atoms with Gasteiger partial charge in [-0.1, -0.05) is 30.3 Å². The van der Waals surface area contributed by atoms with Crippen LogP contribution in [0.5, 0.6) is 0 Å². The Morgan fingerprint density at radius 3 is 2.50 bits per heavy atom. The van der Waals surface area contributed by atoms with E-state index in [4.69, 9.17) is 4.42 Å². The maximum absolute atomic E-state index is 11.8. The van der Waals surface area contributed by atoms with E-state index in [1.54, 1.807) is 26.0 Å². The van der Waals surface area contributed by atoms with Crippen LogP contribution in [-0.4, -0.2) is 18.0 Å². The van der Waals surface area contributed by atoms with Gasteiger partial charge in [-0.25, -0.2) is 5.43 Å². The Morgan fingerprint density at radius 1 is 1.14 bits per heavy atom. The third-order valence-corrected chi connectivity index (χ3v) is 2.97. The number of hydrazone groups is 1. The number of aryl methyl sites for hydroxylation is 1. The Balaban J connectivity index is 1.84. The molecular weight excluding hydrogens is 282 g/mol. The molecule has 0 aliphatic carbocycles. The minimum atomic E-state index is -0.831. The summed E-state index contributed by atoms with van der Waals surface area (Å²) in [4.78, 5) is 23.4. The molecule has 0 saturated carbocycles. The highest BCUT2D eigenvalue weighted by Crippen LogP contribution is 2.10. The molecule has 2 N–H and O–H groups in total. The Kier molecular flexibility index (Phi) is 5.08. The molecule has 2 amide bonds. The molecule has 2 aromatic rings. The van der Waals surface area contributed by atoms with Crippen molar-refractivity contribution in [2.24, 2.45) is 5.10 Å². The molecule has 6 nitrogen and oxygen atoms in total. The monoisotopic (exact) mass is 299 g/mol. The second kappa shape index (κ2) is 7.21. The lowest BCUT2D eigenvalue weighted by Gasteiger charge is -2.13. The molecule has 0 bridgehead atoms. The zero-order valence-electron chi connectivity index (χ0n) is 12.4. The highest BCUT2D eigenvalue weighted by molar-refractivity contribution is 6.35. The summed E-state index contributed by atoms with van der Waals surface area (Å²) in [6.45, 7) is 3.60. The molecule has 0 radical (unpaired) electrons. The van der Waals surface area contributed by atoms with E-state index in [1.807, 2.05) is 30.3 Å². The number of hydrogen-bond acceptors (Lipinski definition) is 4. The Hall–Kier alpha value is -2.89. The number of nitrogens with one attached hydrogen (secondary N) is 2. The van der Waals surface area contributed by atoms with Crippen LogP contribution in [0.2, 0.25) is 0 Å². The van der Waals surface area contributed by atoms with Gasteiger partial charge in [-0.05, 0) is 31.5 Å². The smallest absolute Gasteiger partial charge is 0.329 e. The van der Waals surface area contributed by atoms with Gasteiger partial charge in [0.15, 0.2) is 0 Å². The minimum Gasteiger partial charge on any atom is -0.460 e. The van der Waals surface area contributed by atoms with Gasteiger partial charge in [0.05, 0.1) is 12.3 Å². The molecule has 1 aromatic heterocycles. The summed E-state index contributed by atoms with van der Waals surface area (Å²) in [6, 6.07) is 12.6. The van der Waals surface area contributed by atoms with Gasteiger partial charge < -0.3 is 9.73 Å². The summed E-state index contributed by atoms with van der Waals surface area (Å²) >= 11 is 0. The Labute approximate surface area is 128 Å². The molecule has 2 rings (SSSR count). The van der Waals surface area contributed by atoms with E-state index in [2.05, 4.69) is 15.8 Å². The topological polar surface area (TPSA) is 83.7 Å². The van der Waals surface area contributed by atoms with Crippen LogP contribution in [0.25, 0.3) is 0 Å². The fourth-order valence-corrected chi connectivity index (χ4v) is 1.82. The summed E-state index contributed by atoms with van der Waals surface area (Å²) in [6.07, 6.45) is 1.33. The normalized spacial score (nSPS) is 12.1. The van der Waals surface area contributed by atoms with E-state index in [9.17, 15) is 9.59 Å². The fraction of sp³-hybridized carbons (Fsp3) is 0.188. The zero-order chi connectivity index (χ0) is 15.9. The van der Waals surface area contributed by atoms with Crippen LogP contribution < -0.4 is 10.7 Å². The number of carbonyl (C=O) groups is 2. The van der Waals surface area contributed by atoms with Crippen molar-refractivity contribution in [3.63, 3.8) is 0 Å². The zero-order valence-corrected chi connectivity index (χ0v) is 12.4. The third kappa shape index (κ3) is 4.31. The SMILES string of the molecule is Cc1ccc(/C=N/NC(=O)C(=O)NC(C)c2ccccc2)o1. The van der Waals surface area contributed by atoms with Crippen molar-refractivity contribution in [1.29, 1.82) is 0 Å². The number of hydrogen-bond donors (Lipinski definition) is 2. The predicted octanol–water partition coefficient (Wildman–Crippen LogP) is 1.92. The van der Waals surface area contributed by atoms with E-state index in [0.717, 1.165) is 11.3 Å². The lowest BCUT2D eigenvalue weighted by molar-refractivity contribution is -0.139. The van der Waals surface area contributed by atoms with Gasteiger partial charge in [-0.3, -0.25) is 9.59 Å². The summed E-state index contributed by atoms with van der Waals surface area (Å²) < 4.78 is 5.25. The van der Waals surface area contributed by atoms with Crippen LogP contribution in [0.4, 0.5) is 0 Å². The molecule has 22 heavy (non-hydrogen) atoms. The van der Waals surface area contributed by atoms with Gasteiger partial charge in [0, 0.05) is 0 Å². The van der Waals surface area contributed by atoms with E-state index < -0.39 is 11.8 Å². The Bertz CT molecular complexity index is 677. The average Bonchev–Trinajstić information content (AvgIpc) is 2.93. The summed E-state index contributed by atoms with van der Waals surface area (Å²) in [5.41, 5.74) is 3.07. The van der Waals surface area contributed by atoms with Gasteiger partial charge >= 0.3 is 11.8 Å². The summed E-state index contributed by atoms with van der Waals surface area (Å²) in [5, 5.41) is 6.28. The van der Waals surface area contributed by atoms with Crippen molar-refractivity contribution < 1.29 is 14.0 Å². The van der Waals surface area contributed by atoms with Crippen molar-refractivity contribution in [3.05, 3.63) is 59.5 Å². The number of furan rings is 1. The standard InChI is InChI=1S/C16H17N3O3/c1-11-8-9-14(22-11)10-17-19-16(21)15(20)18-12(2)13-6-4-3-5-7-13/h3-10,12H,1-2H3,(H,18,20)(H,19,21)/b17-10+. The van der Waals surface area contributed by atoms with Crippen LogP contribution in [0, 0.1) is 6.92 Å². The minimum absolute atomic E-state index is 0.267. The van der Waals surface area contributed by atoms with Crippen molar-refractivity contribution in [3.8, 4) is 0 Å².